The number of halogens is 9. The van der Waals surface area contributed by atoms with E-state index in [4.69, 9.17) is 46.3 Å². The molecule has 0 aliphatic carbocycles. The van der Waals surface area contributed by atoms with Gasteiger partial charge in [-0.25, -0.2) is 29.9 Å². The zero-order valence-corrected chi connectivity index (χ0v) is 38.1. The number of nitrogen functional groups attached to an aromatic ring is 2. The van der Waals surface area contributed by atoms with Crippen molar-refractivity contribution in [2.75, 3.05) is 54.0 Å². The largest absolute Gasteiger partial charge is 0.418 e. The highest BCUT2D eigenvalue weighted by Crippen LogP contribution is 2.43. The van der Waals surface area contributed by atoms with E-state index >= 15 is 0 Å². The molecule has 4 aromatic heterocycles. The molecule has 2 aliphatic heterocycles. The van der Waals surface area contributed by atoms with Crippen LogP contribution in [0.5, 0.6) is 0 Å². The maximum absolute atomic E-state index is 13.6. The number of rotatable bonds is 6. The Morgan fingerprint density at radius 3 is 1.57 bits per heavy atom. The molecule has 2 saturated heterocycles. The molecule has 0 saturated carbocycles. The van der Waals surface area contributed by atoms with Crippen LogP contribution in [-0.4, -0.2) is 84.7 Å². The van der Waals surface area contributed by atoms with Gasteiger partial charge in [-0.3, -0.25) is 9.59 Å². The van der Waals surface area contributed by atoms with Crippen molar-refractivity contribution in [1.29, 1.82) is 0 Å². The van der Waals surface area contributed by atoms with Crippen LogP contribution in [0, 0.1) is 5.92 Å². The first-order valence-corrected chi connectivity index (χ1v) is 21.6. The number of carbonyl (C=O) groups is 2. The third kappa shape index (κ3) is 11.6. The van der Waals surface area contributed by atoms with Crippen LogP contribution >= 0.6 is 34.8 Å². The maximum Gasteiger partial charge on any atom is 0.418 e. The number of anilines is 4. The number of alkyl halides is 6. The predicted molar refractivity (Wildman–Crippen MR) is 250 cm³/mol. The molecule has 2 aromatic carbocycles. The lowest BCUT2D eigenvalue weighted by molar-refractivity contribution is -0.138. The van der Waals surface area contributed by atoms with Crippen LogP contribution in [0.2, 0.25) is 10.0 Å². The molecule has 13 nitrogen and oxygen atoms in total. The summed E-state index contributed by atoms with van der Waals surface area (Å²) in [5.74, 6) is 1.65. The molecule has 4 N–H and O–H groups in total. The topological polar surface area (TPSA) is 173 Å². The van der Waals surface area contributed by atoms with Gasteiger partial charge in [-0.1, -0.05) is 43.3 Å². The summed E-state index contributed by atoms with van der Waals surface area (Å²) in [6, 6.07) is 10.1. The van der Waals surface area contributed by atoms with E-state index in [2.05, 4.69) is 54.9 Å². The molecular formula is C45H42Cl3F6N11O2. The number of aromatic nitrogens is 6. The molecule has 8 rings (SSSR count). The number of piperidine rings is 1. The molecule has 2 fully saturated rings. The Morgan fingerprint density at radius 2 is 1.16 bits per heavy atom. The van der Waals surface area contributed by atoms with Crippen molar-refractivity contribution in [3.8, 4) is 22.5 Å². The number of fused-ring (bicyclic) bond motifs is 2. The maximum atomic E-state index is 13.6. The summed E-state index contributed by atoms with van der Waals surface area (Å²) in [6.45, 7) is 14.0. The summed E-state index contributed by atoms with van der Waals surface area (Å²) in [4.78, 5) is 52.5. The molecule has 6 heterocycles. The average molecular weight is 989 g/mol. The van der Waals surface area contributed by atoms with Crippen LogP contribution in [0.15, 0.2) is 86.5 Å². The second-order valence-corrected chi connectivity index (χ2v) is 16.8. The van der Waals surface area contributed by atoms with Crippen molar-refractivity contribution in [2.45, 2.75) is 45.1 Å². The lowest BCUT2D eigenvalue weighted by Gasteiger charge is -2.40. The molecule has 0 bridgehead atoms. The van der Waals surface area contributed by atoms with Gasteiger partial charge in [0.2, 0.25) is 11.1 Å². The van der Waals surface area contributed by atoms with Crippen molar-refractivity contribution < 1.29 is 35.9 Å². The monoisotopic (exact) mass is 987 g/mol. The van der Waals surface area contributed by atoms with Gasteiger partial charge in [0, 0.05) is 60.7 Å². The summed E-state index contributed by atoms with van der Waals surface area (Å²) in [7, 11) is 0. The van der Waals surface area contributed by atoms with E-state index < -0.39 is 28.7 Å². The van der Waals surface area contributed by atoms with Crippen molar-refractivity contribution in [3.05, 3.63) is 108 Å². The Bertz CT molecular complexity index is 2850. The second kappa shape index (κ2) is 20.7. The fourth-order valence-electron chi connectivity index (χ4n) is 7.79. The molecule has 1 amide bonds. The van der Waals surface area contributed by atoms with E-state index in [-0.39, 0.29) is 56.1 Å². The lowest BCUT2D eigenvalue weighted by atomic mass is 9.99. The number of hydrogen-bond donors (Lipinski definition) is 2. The molecule has 2 unspecified atom stereocenters. The highest BCUT2D eigenvalue weighted by atomic mass is 35.5. The van der Waals surface area contributed by atoms with E-state index in [9.17, 15) is 35.9 Å². The number of amides is 1. The van der Waals surface area contributed by atoms with E-state index in [1.54, 1.807) is 17.0 Å². The highest BCUT2D eigenvalue weighted by molar-refractivity contribution is 6.66. The molecule has 352 valence electrons. The van der Waals surface area contributed by atoms with Crippen molar-refractivity contribution in [1.82, 2.24) is 34.8 Å². The molecule has 2 atom stereocenters. The summed E-state index contributed by atoms with van der Waals surface area (Å²) in [5.41, 5.74) is 9.93. The standard InChI is InChI=1S/C22H20ClF3N6O.C20H19ClF3N5.C3H3ClO/c1-3-19(33)32-7-6-31(10-12(32)2)21-14-8-16(23)13(9-17(14)28-11-29-21)20-15(22(24,25)26)4-5-18(27)30-20;1-11-3-2-6-29(9-11)19-13-7-15(21)12(8-16(13)26-10-27-19)18-14(20(22,23)24)4-5-17(25)28-18;1-2-3(4)5/h3-5,8-9,11-12H,1,6-7,10H2,2H3,(H2,27,30);4-5,7-8,10-11H,2-3,6,9H2,1H3,(H2,25,28);2H,1H2. The number of hydrogen-bond acceptors (Lipinski definition) is 12. The zero-order chi connectivity index (χ0) is 49.0. The second-order valence-electron chi connectivity index (χ2n) is 15.6. The van der Waals surface area contributed by atoms with Crippen molar-refractivity contribution in [2.24, 2.45) is 5.92 Å². The summed E-state index contributed by atoms with van der Waals surface area (Å²) in [6.07, 6.45) is -1.91. The van der Waals surface area contributed by atoms with Gasteiger partial charge < -0.3 is 26.2 Å². The molecule has 67 heavy (non-hydrogen) atoms. The quantitative estimate of drug-likeness (QED) is 0.0920. The van der Waals surface area contributed by atoms with Gasteiger partial charge >= 0.3 is 12.4 Å². The fourth-order valence-corrected chi connectivity index (χ4v) is 8.29. The highest BCUT2D eigenvalue weighted by Gasteiger charge is 2.37. The van der Waals surface area contributed by atoms with Gasteiger partial charge in [0.25, 0.3) is 0 Å². The smallest absolute Gasteiger partial charge is 0.384 e. The predicted octanol–water partition coefficient (Wildman–Crippen LogP) is 10.3. The number of nitrogens with zero attached hydrogens (tertiary/aromatic N) is 9. The van der Waals surface area contributed by atoms with Crippen molar-refractivity contribution >= 4 is 91.0 Å². The van der Waals surface area contributed by atoms with Gasteiger partial charge in [0.1, 0.15) is 35.9 Å². The van der Waals surface area contributed by atoms with E-state index in [1.807, 2.05) is 11.8 Å². The van der Waals surface area contributed by atoms with Crippen LogP contribution in [0.1, 0.15) is 37.8 Å². The molecule has 0 radical (unpaired) electrons. The van der Waals surface area contributed by atoms with E-state index in [0.29, 0.717) is 53.2 Å². The summed E-state index contributed by atoms with van der Waals surface area (Å²) < 4.78 is 81.2. The minimum absolute atomic E-state index is 0.0187. The van der Waals surface area contributed by atoms with Gasteiger partial charge in [-0.2, -0.15) is 26.3 Å². The Kier molecular flexibility index (Phi) is 15.5. The Hall–Kier alpha value is -6.31. The average Bonchev–Trinajstić information content (AvgIpc) is 3.27. The van der Waals surface area contributed by atoms with Gasteiger partial charge in [0.15, 0.2) is 0 Å². The Labute approximate surface area is 395 Å². The summed E-state index contributed by atoms with van der Waals surface area (Å²) >= 11 is 17.6. The number of benzene rings is 2. The van der Waals surface area contributed by atoms with E-state index in [0.717, 1.165) is 62.1 Å². The number of carbonyl (C=O) groups excluding carboxylic acids is 2. The van der Waals surface area contributed by atoms with Gasteiger partial charge in [-0.05, 0) is 98.0 Å². The van der Waals surface area contributed by atoms with Crippen molar-refractivity contribution in [3.63, 3.8) is 0 Å². The van der Waals surface area contributed by atoms with Crippen LogP contribution in [0.4, 0.5) is 49.6 Å². The zero-order valence-electron chi connectivity index (χ0n) is 35.8. The normalized spacial score (nSPS) is 16.4. The third-order valence-electron chi connectivity index (χ3n) is 10.9. The minimum atomic E-state index is -4.64. The molecule has 0 spiro atoms. The Balaban J connectivity index is 0.000000202. The third-order valence-corrected chi connectivity index (χ3v) is 11.6. The SMILES string of the molecule is C=CC(=O)Cl.C=CC(=O)N1CCN(c2ncnc3cc(-c4nc(N)ccc4C(F)(F)F)c(Cl)cc23)CC1C.CC1CCCN(c2ncnc3cc(-c4nc(N)ccc4C(F)(F)F)c(Cl)cc23)C1. The van der Waals surface area contributed by atoms with Gasteiger partial charge in [0.05, 0.1) is 43.6 Å². The Morgan fingerprint density at radius 1 is 0.701 bits per heavy atom. The minimum Gasteiger partial charge on any atom is -0.384 e. The molecule has 6 aromatic rings. The van der Waals surface area contributed by atoms with Crippen LogP contribution in [-0.2, 0) is 21.9 Å². The number of pyridine rings is 2. The molecule has 2 aliphatic rings. The summed E-state index contributed by atoms with van der Waals surface area (Å²) in [5, 5.41) is 0.982. The number of nitrogens with two attached hydrogens (primary N) is 2. The first-order valence-electron chi connectivity index (χ1n) is 20.4. The lowest BCUT2D eigenvalue weighted by Crippen LogP contribution is -2.54. The van der Waals surface area contributed by atoms with Crippen LogP contribution < -0.4 is 21.3 Å². The first-order chi connectivity index (χ1) is 31.6. The van der Waals surface area contributed by atoms with Gasteiger partial charge in [-0.15, -0.1) is 0 Å². The fraction of sp³-hybridized carbons (Fsp3) is 0.289. The molecule has 22 heteroatoms. The van der Waals surface area contributed by atoms with Crippen LogP contribution in [0.3, 0.4) is 0 Å². The van der Waals surface area contributed by atoms with E-state index in [1.165, 1.54) is 30.9 Å². The number of piperazine rings is 1. The first kappa shape index (κ1) is 50.1. The number of allylic oxidation sites excluding steroid dienone is 1. The van der Waals surface area contributed by atoms with Crippen LogP contribution in [0.25, 0.3) is 44.3 Å². The molecular weight excluding hydrogens is 947 g/mol.